The third kappa shape index (κ3) is 3.62. The predicted octanol–water partition coefficient (Wildman–Crippen LogP) is 5.23. The van der Waals surface area contributed by atoms with Gasteiger partial charge in [-0.25, -0.2) is 4.79 Å². The minimum atomic E-state index is -0.474. The van der Waals surface area contributed by atoms with Crippen molar-refractivity contribution in [1.29, 1.82) is 0 Å². The molecule has 0 aromatic heterocycles. The monoisotopic (exact) mass is 410 g/mol. The van der Waals surface area contributed by atoms with E-state index in [-0.39, 0.29) is 17.6 Å². The van der Waals surface area contributed by atoms with Gasteiger partial charge >= 0.3 is 5.97 Å². The Kier molecular flexibility index (Phi) is 4.64. The summed E-state index contributed by atoms with van der Waals surface area (Å²) in [5, 5.41) is 0. The number of benzene rings is 3. The summed E-state index contributed by atoms with van der Waals surface area (Å²) in [5.74, 6) is 0.997. The van der Waals surface area contributed by atoms with Gasteiger partial charge in [0.25, 0.3) is 0 Å². The molecule has 2 aliphatic rings. The molecule has 5 nitrogen and oxygen atoms in total. The Labute approximate surface area is 179 Å². The van der Waals surface area contributed by atoms with Crippen LogP contribution in [-0.2, 0) is 0 Å². The lowest BCUT2D eigenvalue weighted by atomic mass is 10.0. The maximum atomic E-state index is 12.8. The lowest BCUT2D eigenvalue weighted by molar-refractivity contribution is 0.0734. The van der Waals surface area contributed by atoms with Gasteiger partial charge in [-0.15, -0.1) is 0 Å². The van der Waals surface area contributed by atoms with Crippen molar-refractivity contribution in [3.8, 4) is 17.2 Å². The second-order valence-electron chi connectivity index (χ2n) is 7.30. The third-order valence-corrected chi connectivity index (χ3v) is 5.17. The topological polar surface area (TPSA) is 61.8 Å². The fourth-order valence-electron chi connectivity index (χ4n) is 3.54. The molecule has 5 heteroatoms. The van der Waals surface area contributed by atoms with Crippen molar-refractivity contribution in [3.05, 3.63) is 107 Å². The average Bonchev–Trinajstić information content (AvgIpc) is 3.09. The van der Waals surface area contributed by atoms with Crippen molar-refractivity contribution < 1.29 is 23.8 Å². The summed E-state index contributed by atoms with van der Waals surface area (Å²) >= 11 is 0. The number of hydrogen-bond acceptors (Lipinski definition) is 5. The number of rotatable bonds is 3. The van der Waals surface area contributed by atoms with E-state index in [4.69, 9.17) is 14.2 Å². The van der Waals surface area contributed by atoms with Crippen molar-refractivity contribution in [2.75, 3.05) is 0 Å². The van der Waals surface area contributed by atoms with Crippen LogP contribution in [0.4, 0.5) is 0 Å². The Morgan fingerprint density at radius 2 is 1.74 bits per heavy atom. The largest absolute Gasteiger partial charge is 0.485 e. The lowest BCUT2D eigenvalue weighted by Crippen LogP contribution is -2.18. The maximum absolute atomic E-state index is 12.8. The Bertz CT molecular complexity index is 1250. The zero-order valence-electron chi connectivity index (χ0n) is 16.7. The van der Waals surface area contributed by atoms with Crippen molar-refractivity contribution in [2.45, 2.75) is 13.0 Å². The van der Waals surface area contributed by atoms with Crippen LogP contribution in [-0.4, -0.2) is 17.9 Å². The first-order valence-electron chi connectivity index (χ1n) is 9.91. The molecule has 5 rings (SSSR count). The molecule has 152 valence electrons. The lowest BCUT2D eigenvalue weighted by Gasteiger charge is -2.22. The fraction of sp³-hybridized carbons (Fsp3) is 0.0769. The van der Waals surface area contributed by atoms with E-state index in [2.05, 4.69) is 0 Å². The van der Waals surface area contributed by atoms with Gasteiger partial charge in [0, 0.05) is 11.6 Å². The van der Waals surface area contributed by atoms with E-state index in [1.54, 1.807) is 48.5 Å². The smallest absolute Gasteiger partial charge is 0.343 e. The molecule has 2 aliphatic heterocycles. The van der Waals surface area contributed by atoms with E-state index in [1.165, 1.54) is 0 Å². The van der Waals surface area contributed by atoms with Gasteiger partial charge in [0.2, 0.25) is 5.78 Å². The molecule has 1 atom stereocenters. The quantitative estimate of drug-likeness (QED) is 0.336. The Hall–Kier alpha value is -4.12. The van der Waals surface area contributed by atoms with E-state index < -0.39 is 5.97 Å². The normalized spacial score (nSPS) is 17.8. The van der Waals surface area contributed by atoms with Crippen molar-refractivity contribution in [1.82, 2.24) is 0 Å². The first-order valence-corrected chi connectivity index (χ1v) is 9.91. The number of esters is 1. The molecule has 31 heavy (non-hydrogen) atoms. The summed E-state index contributed by atoms with van der Waals surface area (Å²) in [7, 11) is 0. The van der Waals surface area contributed by atoms with Gasteiger partial charge in [-0.2, -0.15) is 0 Å². The molecular formula is C26H18O5. The number of Topliss-reactive ketones (excluding diaryl/α,β-unsaturated/α-hetero) is 1. The standard InChI is InChI=1S/C26H18O5/c1-16-19(13-18-9-5-6-10-22(18)29-16)14-24-25(27)21-12-11-20(15-23(21)31-24)30-26(28)17-7-3-2-4-8-17/h2-16H,1H3/b24-14-. The molecule has 0 fully saturated rings. The van der Waals surface area contributed by atoms with E-state index in [0.29, 0.717) is 22.6 Å². The summed E-state index contributed by atoms with van der Waals surface area (Å²) in [6.07, 6.45) is 3.48. The zero-order valence-corrected chi connectivity index (χ0v) is 16.7. The molecule has 3 aromatic rings. The van der Waals surface area contributed by atoms with Gasteiger partial charge in [0.05, 0.1) is 11.1 Å². The number of para-hydroxylation sites is 1. The minimum absolute atomic E-state index is 0.211. The number of ether oxygens (including phenoxy) is 3. The molecule has 0 N–H and O–H groups in total. The van der Waals surface area contributed by atoms with Gasteiger partial charge in [-0.3, -0.25) is 4.79 Å². The molecule has 0 bridgehead atoms. The van der Waals surface area contributed by atoms with Crippen LogP contribution in [0.2, 0.25) is 0 Å². The number of fused-ring (bicyclic) bond motifs is 2. The first-order chi connectivity index (χ1) is 15.1. The first kappa shape index (κ1) is 18.9. The zero-order chi connectivity index (χ0) is 21.4. The molecule has 0 radical (unpaired) electrons. The van der Waals surface area contributed by atoms with E-state index in [1.807, 2.05) is 43.3 Å². The van der Waals surface area contributed by atoms with Gasteiger partial charge < -0.3 is 14.2 Å². The van der Waals surface area contributed by atoms with Crippen LogP contribution >= 0.6 is 0 Å². The number of carbonyl (C=O) groups is 2. The molecule has 0 spiro atoms. The summed E-state index contributed by atoms with van der Waals surface area (Å²) < 4.78 is 17.2. The molecule has 3 aromatic carbocycles. The fourth-order valence-corrected chi connectivity index (χ4v) is 3.54. The SMILES string of the molecule is CC1Oc2ccccc2C=C1/C=C1\Oc2cc(OC(=O)c3ccccc3)ccc2C1=O. The predicted molar refractivity (Wildman–Crippen MR) is 115 cm³/mol. The molecular weight excluding hydrogens is 392 g/mol. The highest BCUT2D eigenvalue weighted by Crippen LogP contribution is 2.36. The van der Waals surface area contributed by atoms with Gasteiger partial charge in [-0.1, -0.05) is 36.4 Å². The van der Waals surface area contributed by atoms with Crippen LogP contribution in [0, 0.1) is 0 Å². The number of hydrogen-bond donors (Lipinski definition) is 0. The van der Waals surface area contributed by atoms with Gasteiger partial charge in [-0.05, 0) is 55.0 Å². The molecule has 1 unspecified atom stereocenters. The average molecular weight is 410 g/mol. The third-order valence-electron chi connectivity index (χ3n) is 5.17. The van der Waals surface area contributed by atoms with Crippen LogP contribution in [0.15, 0.2) is 90.2 Å². The van der Waals surface area contributed by atoms with Crippen molar-refractivity contribution in [3.63, 3.8) is 0 Å². The molecule has 0 aliphatic carbocycles. The summed E-state index contributed by atoms with van der Waals surface area (Å²) in [5.41, 5.74) is 2.66. The van der Waals surface area contributed by atoms with E-state index >= 15 is 0 Å². The van der Waals surface area contributed by atoms with Crippen LogP contribution in [0.1, 0.15) is 33.2 Å². The maximum Gasteiger partial charge on any atom is 0.343 e. The highest BCUT2D eigenvalue weighted by Gasteiger charge is 2.29. The molecule has 0 amide bonds. The molecule has 2 heterocycles. The van der Waals surface area contributed by atoms with Crippen LogP contribution in [0.5, 0.6) is 17.2 Å². The highest BCUT2D eigenvalue weighted by atomic mass is 16.5. The minimum Gasteiger partial charge on any atom is -0.485 e. The number of ketones is 1. The number of allylic oxidation sites excluding steroid dienone is 1. The van der Waals surface area contributed by atoms with Gasteiger partial charge in [0.1, 0.15) is 23.4 Å². The Morgan fingerprint density at radius 3 is 2.58 bits per heavy atom. The van der Waals surface area contributed by atoms with E-state index in [0.717, 1.165) is 16.9 Å². The van der Waals surface area contributed by atoms with E-state index in [9.17, 15) is 9.59 Å². The summed E-state index contributed by atoms with van der Waals surface area (Å²) in [6, 6.07) is 21.2. The van der Waals surface area contributed by atoms with Gasteiger partial charge in [0.15, 0.2) is 5.76 Å². The van der Waals surface area contributed by atoms with Crippen LogP contribution < -0.4 is 14.2 Å². The Balaban J connectivity index is 1.39. The second kappa shape index (κ2) is 7.61. The highest BCUT2D eigenvalue weighted by molar-refractivity contribution is 6.12. The van der Waals surface area contributed by atoms with Crippen molar-refractivity contribution >= 4 is 17.8 Å². The molecule has 0 saturated carbocycles. The second-order valence-corrected chi connectivity index (χ2v) is 7.30. The van der Waals surface area contributed by atoms with Crippen LogP contribution in [0.3, 0.4) is 0 Å². The molecule has 0 saturated heterocycles. The summed E-state index contributed by atoms with van der Waals surface area (Å²) in [6.45, 7) is 1.92. The van der Waals surface area contributed by atoms with Crippen LogP contribution in [0.25, 0.3) is 6.08 Å². The summed E-state index contributed by atoms with van der Waals surface area (Å²) in [4.78, 5) is 25.1. The number of carbonyl (C=O) groups excluding carboxylic acids is 2. The van der Waals surface area contributed by atoms with Crippen molar-refractivity contribution in [2.24, 2.45) is 0 Å². The Morgan fingerprint density at radius 1 is 0.968 bits per heavy atom.